The van der Waals surface area contributed by atoms with Gasteiger partial charge < -0.3 is 4.74 Å². The van der Waals surface area contributed by atoms with Gasteiger partial charge >= 0.3 is 6.61 Å². The summed E-state index contributed by atoms with van der Waals surface area (Å²) in [5, 5.41) is 0.163. The number of hydrogen-bond acceptors (Lipinski definition) is 3. The van der Waals surface area contributed by atoms with Crippen LogP contribution in [0.1, 0.15) is 5.69 Å². The molecule has 0 amide bonds. The molecule has 1 aromatic heterocycles. The Bertz CT molecular complexity index is 608. The molecule has 7 heteroatoms. The molecule has 0 saturated heterocycles. The Labute approximate surface area is 112 Å². The van der Waals surface area contributed by atoms with Gasteiger partial charge in [0.15, 0.2) is 0 Å². The third-order valence-corrected chi connectivity index (χ3v) is 2.62. The van der Waals surface area contributed by atoms with E-state index in [0.29, 0.717) is 11.3 Å². The van der Waals surface area contributed by atoms with Crippen molar-refractivity contribution < 1.29 is 17.9 Å². The second-order valence-corrected chi connectivity index (χ2v) is 4.06. The average molecular weight is 289 g/mol. The third kappa shape index (κ3) is 3.14. The van der Waals surface area contributed by atoms with E-state index in [-0.39, 0.29) is 16.6 Å². The SMILES string of the molecule is Cc1nc(-c2ccc(F)cc2Cl)cnc1OC(F)F. The van der Waals surface area contributed by atoms with Crippen LogP contribution in [0.15, 0.2) is 24.4 Å². The van der Waals surface area contributed by atoms with E-state index >= 15 is 0 Å². The van der Waals surface area contributed by atoms with Gasteiger partial charge in [0.2, 0.25) is 5.88 Å². The minimum atomic E-state index is -2.96. The maximum Gasteiger partial charge on any atom is 0.388 e. The lowest BCUT2D eigenvalue weighted by Crippen LogP contribution is -2.06. The maximum absolute atomic E-state index is 12.9. The van der Waals surface area contributed by atoms with E-state index in [1.807, 2.05) is 0 Å². The summed E-state index contributed by atoms with van der Waals surface area (Å²) >= 11 is 5.88. The van der Waals surface area contributed by atoms with Crippen molar-refractivity contribution in [3.8, 4) is 17.1 Å². The van der Waals surface area contributed by atoms with Gasteiger partial charge in [-0.15, -0.1) is 0 Å². The van der Waals surface area contributed by atoms with Crippen LogP contribution in [0.25, 0.3) is 11.3 Å². The molecule has 0 radical (unpaired) electrons. The lowest BCUT2D eigenvalue weighted by molar-refractivity contribution is -0.0536. The van der Waals surface area contributed by atoms with E-state index in [2.05, 4.69) is 14.7 Å². The Balaban J connectivity index is 2.39. The van der Waals surface area contributed by atoms with Crippen LogP contribution in [-0.2, 0) is 0 Å². The summed E-state index contributed by atoms with van der Waals surface area (Å²) in [7, 11) is 0. The largest absolute Gasteiger partial charge is 0.415 e. The van der Waals surface area contributed by atoms with E-state index in [9.17, 15) is 13.2 Å². The maximum atomic E-state index is 12.9. The molecule has 0 atom stereocenters. The molecule has 2 rings (SSSR count). The van der Waals surface area contributed by atoms with Crippen molar-refractivity contribution in [3.05, 3.63) is 40.9 Å². The van der Waals surface area contributed by atoms with E-state index in [1.165, 1.54) is 25.3 Å². The number of halogens is 4. The smallest absolute Gasteiger partial charge is 0.388 e. The monoisotopic (exact) mass is 288 g/mol. The Morgan fingerprint density at radius 3 is 2.63 bits per heavy atom. The molecule has 0 spiro atoms. The van der Waals surface area contributed by atoms with Crippen LogP contribution < -0.4 is 4.74 Å². The van der Waals surface area contributed by atoms with E-state index in [0.717, 1.165) is 6.07 Å². The first-order valence-corrected chi connectivity index (χ1v) is 5.59. The summed E-state index contributed by atoms with van der Waals surface area (Å²) in [6.07, 6.45) is 1.24. The molecule has 1 aromatic carbocycles. The molecule has 0 saturated carbocycles. The zero-order valence-electron chi connectivity index (χ0n) is 9.70. The first-order chi connectivity index (χ1) is 8.97. The summed E-state index contributed by atoms with van der Waals surface area (Å²) in [6.45, 7) is -1.49. The summed E-state index contributed by atoms with van der Waals surface area (Å²) in [5.41, 5.74) is 1.00. The van der Waals surface area contributed by atoms with Gasteiger partial charge in [-0.3, -0.25) is 0 Å². The first kappa shape index (κ1) is 13.6. The summed E-state index contributed by atoms with van der Waals surface area (Å²) < 4.78 is 41.3. The molecule has 3 nitrogen and oxygen atoms in total. The van der Waals surface area contributed by atoms with Gasteiger partial charge in [-0.25, -0.2) is 14.4 Å². The summed E-state index contributed by atoms with van der Waals surface area (Å²) in [6, 6.07) is 3.80. The molecule has 0 unspecified atom stereocenters. The summed E-state index contributed by atoms with van der Waals surface area (Å²) in [5.74, 6) is -0.729. The Kier molecular flexibility index (Phi) is 3.90. The second-order valence-electron chi connectivity index (χ2n) is 3.65. The molecule has 0 aliphatic heterocycles. The number of hydrogen-bond donors (Lipinski definition) is 0. The van der Waals surface area contributed by atoms with Crippen molar-refractivity contribution in [1.29, 1.82) is 0 Å². The highest BCUT2D eigenvalue weighted by molar-refractivity contribution is 6.33. The van der Waals surface area contributed by atoms with Gasteiger partial charge in [-0.1, -0.05) is 11.6 Å². The molecule has 100 valence electrons. The lowest BCUT2D eigenvalue weighted by atomic mass is 10.1. The highest BCUT2D eigenvalue weighted by Gasteiger charge is 2.13. The molecule has 0 bridgehead atoms. The van der Waals surface area contributed by atoms with Crippen LogP contribution in [0, 0.1) is 12.7 Å². The van der Waals surface area contributed by atoms with Crippen LogP contribution in [0.2, 0.25) is 5.02 Å². The molecular formula is C12H8ClF3N2O. The van der Waals surface area contributed by atoms with Crippen LogP contribution in [0.4, 0.5) is 13.2 Å². The number of ether oxygens (including phenoxy) is 1. The standard InChI is InChI=1S/C12H8ClF3N2O/c1-6-11(19-12(15)16)17-5-10(18-6)8-3-2-7(14)4-9(8)13/h2-5,12H,1H3. The highest BCUT2D eigenvalue weighted by Crippen LogP contribution is 2.28. The molecule has 0 fully saturated rings. The Morgan fingerprint density at radius 1 is 1.32 bits per heavy atom. The number of nitrogens with zero attached hydrogens (tertiary/aromatic N) is 2. The van der Waals surface area contributed by atoms with Gasteiger partial charge in [0.05, 0.1) is 16.9 Å². The van der Waals surface area contributed by atoms with Crippen molar-refractivity contribution in [2.45, 2.75) is 13.5 Å². The van der Waals surface area contributed by atoms with Gasteiger partial charge in [-0.2, -0.15) is 8.78 Å². The number of rotatable bonds is 3. The number of aromatic nitrogens is 2. The predicted molar refractivity (Wildman–Crippen MR) is 63.8 cm³/mol. The quantitative estimate of drug-likeness (QED) is 0.860. The fourth-order valence-corrected chi connectivity index (χ4v) is 1.76. The number of alkyl halides is 2. The minimum Gasteiger partial charge on any atom is -0.415 e. The molecule has 0 aliphatic carbocycles. The Morgan fingerprint density at radius 2 is 2.05 bits per heavy atom. The normalized spacial score (nSPS) is 10.8. The summed E-state index contributed by atoms with van der Waals surface area (Å²) in [4.78, 5) is 7.80. The van der Waals surface area contributed by atoms with Crippen LogP contribution in [0.3, 0.4) is 0 Å². The van der Waals surface area contributed by atoms with Crippen LogP contribution in [-0.4, -0.2) is 16.6 Å². The number of aryl methyl sites for hydroxylation is 1. The zero-order valence-corrected chi connectivity index (χ0v) is 10.5. The Hall–Kier alpha value is -1.82. The van der Waals surface area contributed by atoms with Crippen molar-refractivity contribution in [1.82, 2.24) is 9.97 Å². The topological polar surface area (TPSA) is 35.0 Å². The van der Waals surface area contributed by atoms with Crippen molar-refractivity contribution >= 4 is 11.6 Å². The fraction of sp³-hybridized carbons (Fsp3) is 0.167. The predicted octanol–water partition coefficient (Wildman–Crippen LogP) is 3.85. The van der Waals surface area contributed by atoms with Crippen LogP contribution in [0.5, 0.6) is 5.88 Å². The van der Waals surface area contributed by atoms with E-state index in [1.54, 1.807) is 0 Å². The zero-order chi connectivity index (χ0) is 14.0. The first-order valence-electron chi connectivity index (χ1n) is 5.21. The van der Waals surface area contributed by atoms with Crippen molar-refractivity contribution in [3.63, 3.8) is 0 Å². The second kappa shape index (κ2) is 5.44. The van der Waals surface area contributed by atoms with E-state index in [4.69, 9.17) is 11.6 Å². The van der Waals surface area contributed by atoms with Gasteiger partial charge in [-0.05, 0) is 25.1 Å². The van der Waals surface area contributed by atoms with Gasteiger partial charge in [0.25, 0.3) is 0 Å². The van der Waals surface area contributed by atoms with Gasteiger partial charge in [0, 0.05) is 5.56 Å². The van der Waals surface area contributed by atoms with Gasteiger partial charge in [0.1, 0.15) is 11.5 Å². The minimum absolute atomic E-state index is 0.163. The highest BCUT2D eigenvalue weighted by atomic mass is 35.5. The average Bonchev–Trinajstić information content (AvgIpc) is 2.31. The third-order valence-electron chi connectivity index (χ3n) is 2.31. The molecule has 0 aliphatic rings. The molecule has 2 aromatic rings. The van der Waals surface area contributed by atoms with E-state index < -0.39 is 12.4 Å². The molecule has 19 heavy (non-hydrogen) atoms. The molecular weight excluding hydrogens is 281 g/mol. The van der Waals surface area contributed by atoms with Crippen LogP contribution >= 0.6 is 11.6 Å². The van der Waals surface area contributed by atoms with Crippen molar-refractivity contribution in [2.75, 3.05) is 0 Å². The fourth-order valence-electron chi connectivity index (χ4n) is 1.50. The lowest BCUT2D eigenvalue weighted by Gasteiger charge is -2.08. The number of benzene rings is 1. The molecule has 1 heterocycles. The molecule has 0 N–H and O–H groups in total. The van der Waals surface area contributed by atoms with Crippen molar-refractivity contribution in [2.24, 2.45) is 0 Å².